The Morgan fingerprint density at radius 1 is 1.00 bits per heavy atom. The maximum Gasteiger partial charge on any atom is 0.123 e. The number of halogens is 1. The summed E-state index contributed by atoms with van der Waals surface area (Å²) in [6, 6.07) is 17.0. The molecular formula is C19H23BrO. The van der Waals surface area contributed by atoms with Crippen LogP contribution in [0.3, 0.4) is 0 Å². The smallest absolute Gasteiger partial charge is 0.123 e. The molecule has 0 aliphatic carbocycles. The molecule has 1 nitrogen and oxygen atoms in total. The van der Waals surface area contributed by atoms with E-state index in [9.17, 15) is 0 Å². The van der Waals surface area contributed by atoms with Crippen LogP contribution in [0.25, 0.3) is 0 Å². The Bertz CT molecular complexity index is 581. The molecular weight excluding hydrogens is 324 g/mol. The first kappa shape index (κ1) is 16.1. The molecule has 2 rings (SSSR count). The number of hydrogen-bond donors (Lipinski definition) is 0. The molecule has 0 amide bonds. The number of para-hydroxylation sites is 1. The van der Waals surface area contributed by atoms with E-state index in [2.05, 4.69) is 73.1 Å². The maximum atomic E-state index is 5.73. The first-order valence-corrected chi connectivity index (χ1v) is 8.31. The summed E-state index contributed by atoms with van der Waals surface area (Å²) in [5.41, 5.74) is 3.95. The third-order valence-electron chi connectivity index (χ3n) is 3.56. The average molecular weight is 347 g/mol. The normalized spacial score (nSPS) is 13.0. The summed E-state index contributed by atoms with van der Waals surface area (Å²) in [4.78, 5) is 0.147. The van der Waals surface area contributed by atoms with Gasteiger partial charge in [-0.15, -0.1) is 0 Å². The number of ether oxygens (including phenoxy) is 1. The SMILES string of the molecule is CCOc1ccccc1C(Br)c1ccc(C(C)(C)C)cc1. The van der Waals surface area contributed by atoms with Gasteiger partial charge < -0.3 is 4.74 Å². The predicted octanol–water partition coefficient (Wildman–Crippen LogP) is 5.87. The van der Waals surface area contributed by atoms with Crippen LogP contribution in [-0.4, -0.2) is 6.61 Å². The van der Waals surface area contributed by atoms with Gasteiger partial charge in [-0.2, -0.15) is 0 Å². The average Bonchev–Trinajstić information content (AvgIpc) is 2.47. The predicted molar refractivity (Wildman–Crippen MR) is 93.5 cm³/mol. The van der Waals surface area contributed by atoms with Crippen molar-refractivity contribution in [3.05, 3.63) is 65.2 Å². The van der Waals surface area contributed by atoms with E-state index in [0.29, 0.717) is 6.61 Å². The third kappa shape index (κ3) is 3.88. The molecule has 0 saturated heterocycles. The Morgan fingerprint density at radius 3 is 2.19 bits per heavy atom. The molecule has 2 heteroatoms. The molecule has 0 aromatic heterocycles. The third-order valence-corrected chi connectivity index (χ3v) is 4.58. The van der Waals surface area contributed by atoms with Crippen molar-refractivity contribution in [3.63, 3.8) is 0 Å². The van der Waals surface area contributed by atoms with Crippen LogP contribution in [0, 0.1) is 0 Å². The molecule has 1 unspecified atom stereocenters. The standard InChI is InChI=1S/C19H23BrO/c1-5-21-17-9-7-6-8-16(17)18(20)14-10-12-15(13-11-14)19(2,3)4/h6-13,18H,5H2,1-4H3. The number of rotatable bonds is 4. The van der Waals surface area contributed by atoms with Gasteiger partial charge in [0.15, 0.2) is 0 Å². The first-order chi connectivity index (χ1) is 9.93. The lowest BCUT2D eigenvalue weighted by Crippen LogP contribution is -2.10. The fourth-order valence-corrected chi connectivity index (χ4v) is 2.99. The van der Waals surface area contributed by atoms with E-state index in [1.54, 1.807) is 0 Å². The molecule has 0 fully saturated rings. The van der Waals surface area contributed by atoms with Gasteiger partial charge in [-0.05, 0) is 29.5 Å². The van der Waals surface area contributed by atoms with Gasteiger partial charge in [-0.3, -0.25) is 0 Å². The van der Waals surface area contributed by atoms with Crippen molar-refractivity contribution >= 4 is 15.9 Å². The zero-order valence-electron chi connectivity index (χ0n) is 13.2. The highest BCUT2D eigenvalue weighted by Crippen LogP contribution is 2.37. The lowest BCUT2D eigenvalue weighted by atomic mass is 9.86. The van der Waals surface area contributed by atoms with Crippen LogP contribution in [0.1, 0.15) is 49.2 Å². The Hall–Kier alpha value is -1.28. The topological polar surface area (TPSA) is 9.23 Å². The van der Waals surface area contributed by atoms with Gasteiger partial charge in [-0.25, -0.2) is 0 Å². The van der Waals surface area contributed by atoms with E-state index in [4.69, 9.17) is 4.74 Å². The van der Waals surface area contributed by atoms with Gasteiger partial charge in [0, 0.05) is 5.56 Å². The van der Waals surface area contributed by atoms with Crippen LogP contribution in [0.5, 0.6) is 5.75 Å². The molecule has 0 saturated carbocycles. The van der Waals surface area contributed by atoms with Crippen LogP contribution in [-0.2, 0) is 5.41 Å². The number of hydrogen-bond acceptors (Lipinski definition) is 1. The van der Waals surface area contributed by atoms with Crippen molar-refractivity contribution in [2.75, 3.05) is 6.61 Å². The van der Waals surface area contributed by atoms with Crippen molar-refractivity contribution < 1.29 is 4.74 Å². The van der Waals surface area contributed by atoms with E-state index in [0.717, 1.165) is 5.75 Å². The van der Waals surface area contributed by atoms with Gasteiger partial charge >= 0.3 is 0 Å². The number of benzene rings is 2. The Morgan fingerprint density at radius 2 is 1.62 bits per heavy atom. The zero-order valence-corrected chi connectivity index (χ0v) is 14.8. The molecule has 0 radical (unpaired) electrons. The highest BCUT2D eigenvalue weighted by Gasteiger charge is 2.17. The second-order valence-electron chi connectivity index (χ2n) is 6.21. The molecule has 0 heterocycles. The molecule has 2 aromatic rings. The van der Waals surface area contributed by atoms with Crippen LogP contribution in [0.15, 0.2) is 48.5 Å². The molecule has 1 atom stereocenters. The Labute approximate surface area is 136 Å². The highest BCUT2D eigenvalue weighted by molar-refractivity contribution is 9.09. The molecule has 0 bridgehead atoms. The minimum absolute atomic E-state index is 0.147. The van der Waals surface area contributed by atoms with E-state index in [-0.39, 0.29) is 10.2 Å². The van der Waals surface area contributed by atoms with Gasteiger partial charge in [0.2, 0.25) is 0 Å². The van der Waals surface area contributed by atoms with Crippen LogP contribution < -0.4 is 4.74 Å². The first-order valence-electron chi connectivity index (χ1n) is 7.39. The Balaban J connectivity index is 2.30. The van der Waals surface area contributed by atoms with E-state index < -0.39 is 0 Å². The van der Waals surface area contributed by atoms with Crippen molar-refractivity contribution in [2.24, 2.45) is 0 Å². The van der Waals surface area contributed by atoms with E-state index in [1.165, 1.54) is 16.7 Å². The molecule has 0 N–H and O–H groups in total. The second kappa shape index (κ2) is 6.65. The molecule has 112 valence electrons. The lowest BCUT2D eigenvalue weighted by molar-refractivity contribution is 0.337. The lowest BCUT2D eigenvalue weighted by Gasteiger charge is -2.20. The van der Waals surface area contributed by atoms with Gasteiger partial charge in [-0.1, -0.05) is 79.2 Å². The summed E-state index contributed by atoms with van der Waals surface area (Å²) in [7, 11) is 0. The van der Waals surface area contributed by atoms with E-state index in [1.807, 2.05) is 19.1 Å². The van der Waals surface area contributed by atoms with Crippen LogP contribution in [0.4, 0.5) is 0 Å². The fraction of sp³-hybridized carbons (Fsp3) is 0.368. The quantitative estimate of drug-likeness (QED) is 0.629. The van der Waals surface area contributed by atoms with Gasteiger partial charge in [0.1, 0.15) is 5.75 Å². The van der Waals surface area contributed by atoms with Gasteiger partial charge in [0.25, 0.3) is 0 Å². The highest BCUT2D eigenvalue weighted by atomic mass is 79.9. The molecule has 0 aliphatic heterocycles. The van der Waals surface area contributed by atoms with Gasteiger partial charge in [0.05, 0.1) is 11.4 Å². The van der Waals surface area contributed by atoms with E-state index >= 15 is 0 Å². The van der Waals surface area contributed by atoms with Crippen molar-refractivity contribution in [1.29, 1.82) is 0 Å². The van der Waals surface area contributed by atoms with Crippen molar-refractivity contribution in [1.82, 2.24) is 0 Å². The summed E-state index contributed by atoms with van der Waals surface area (Å²) in [5, 5.41) is 0. The van der Waals surface area contributed by atoms with Crippen LogP contribution >= 0.6 is 15.9 Å². The summed E-state index contributed by atoms with van der Waals surface area (Å²) in [5.74, 6) is 0.946. The summed E-state index contributed by atoms with van der Waals surface area (Å²) in [6.45, 7) is 9.39. The zero-order chi connectivity index (χ0) is 15.5. The largest absolute Gasteiger partial charge is 0.494 e. The minimum atomic E-state index is 0.147. The summed E-state index contributed by atoms with van der Waals surface area (Å²) < 4.78 is 5.73. The molecule has 21 heavy (non-hydrogen) atoms. The minimum Gasteiger partial charge on any atom is -0.494 e. The monoisotopic (exact) mass is 346 g/mol. The number of alkyl halides is 1. The van der Waals surface area contributed by atoms with Crippen LogP contribution in [0.2, 0.25) is 0 Å². The Kier molecular flexibility index (Phi) is 5.10. The van der Waals surface area contributed by atoms with Crippen molar-refractivity contribution in [2.45, 2.75) is 37.9 Å². The second-order valence-corrected chi connectivity index (χ2v) is 7.12. The van der Waals surface area contributed by atoms with Crippen molar-refractivity contribution in [3.8, 4) is 5.75 Å². The fourth-order valence-electron chi connectivity index (χ4n) is 2.31. The maximum absolute atomic E-state index is 5.73. The summed E-state index contributed by atoms with van der Waals surface area (Å²) in [6.07, 6.45) is 0. The molecule has 0 spiro atoms. The molecule has 2 aromatic carbocycles. The molecule has 0 aliphatic rings. The summed E-state index contributed by atoms with van der Waals surface area (Å²) >= 11 is 3.81.